The van der Waals surface area contributed by atoms with Gasteiger partial charge in [0.15, 0.2) is 0 Å². The summed E-state index contributed by atoms with van der Waals surface area (Å²) in [5.41, 5.74) is 1.12. The van der Waals surface area contributed by atoms with Crippen LogP contribution in [-0.2, 0) is 14.3 Å². The summed E-state index contributed by atoms with van der Waals surface area (Å²) in [5.74, 6) is 1.32. The Morgan fingerprint density at radius 1 is 1.23 bits per heavy atom. The Morgan fingerprint density at radius 3 is 2.69 bits per heavy atom. The summed E-state index contributed by atoms with van der Waals surface area (Å²) in [4.78, 5) is 21.0. The molecule has 3 N–H and O–H groups in total. The molecule has 1 saturated carbocycles. The predicted molar refractivity (Wildman–Crippen MR) is 153 cm³/mol. The second-order valence-corrected chi connectivity index (χ2v) is 11.0. The van der Waals surface area contributed by atoms with Gasteiger partial charge in [0.1, 0.15) is 11.6 Å². The van der Waals surface area contributed by atoms with Gasteiger partial charge in [-0.05, 0) is 70.6 Å². The van der Waals surface area contributed by atoms with Crippen molar-refractivity contribution >= 4 is 29.2 Å². The SMILES string of the molecule is CCOC(=O)CC(C)NC1CCC(Nc2cc(-c3cccc(NCC4(C#N)CCOCC4)n3)c(Cl)cn2)CC1. The summed E-state index contributed by atoms with van der Waals surface area (Å²) < 4.78 is 10.5. The minimum Gasteiger partial charge on any atom is -0.466 e. The smallest absolute Gasteiger partial charge is 0.307 e. The molecule has 2 aliphatic rings. The van der Waals surface area contributed by atoms with E-state index in [1.54, 1.807) is 6.20 Å². The zero-order valence-electron chi connectivity index (χ0n) is 22.8. The molecule has 0 spiro atoms. The van der Waals surface area contributed by atoms with Crippen molar-refractivity contribution < 1.29 is 14.3 Å². The van der Waals surface area contributed by atoms with Crippen molar-refractivity contribution in [2.45, 2.75) is 76.9 Å². The fourth-order valence-corrected chi connectivity index (χ4v) is 5.49. The van der Waals surface area contributed by atoms with Crippen LogP contribution < -0.4 is 16.0 Å². The Labute approximate surface area is 236 Å². The Morgan fingerprint density at radius 2 is 1.97 bits per heavy atom. The van der Waals surface area contributed by atoms with Gasteiger partial charge < -0.3 is 25.4 Å². The minimum atomic E-state index is -0.436. The number of nitrogens with zero attached hydrogens (tertiary/aromatic N) is 3. The maximum Gasteiger partial charge on any atom is 0.307 e. The van der Waals surface area contributed by atoms with Gasteiger partial charge in [-0.15, -0.1) is 0 Å². The lowest BCUT2D eigenvalue weighted by Crippen LogP contribution is -2.42. The number of carbonyl (C=O) groups is 1. The monoisotopic (exact) mass is 554 g/mol. The molecule has 1 aliphatic heterocycles. The van der Waals surface area contributed by atoms with Gasteiger partial charge in [-0.3, -0.25) is 4.79 Å². The second kappa shape index (κ2) is 13.9. The van der Waals surface area contributed by atoms with Crippen LogP contribution in [-0.4, -0.2) is 60.4 Å². The lowest BCUT2D eigenvalue weighted by atomic mass is 9.82. The van der Waals surface area contributed by atoms with Gasteiger partial charge in [0.2, 0.25) is 0 Å². The Kier molecular flexibility index (Phi) is 10.4. The van der Waals surface area contributed by atoms with Gasteiger partial charge in [0.05, 0.1) is 35.2 Å². The summed E-state index contributed by atoms with van der Waals surface area (Å²) in [5, 5.41) is 20.8. The number of carbonyl (C=O) groups excluding carboxylic acids is 1. The van der Waals surface area contributed by atoms with Crippen molar-refractivity contribution in [3.8, 4) is 17.3 Å². The zero-order chi connectivity index (χ0) is 27.7. The lowest BCUT2D eigenvalue weighted by Gasteiger charge is -2.32. The van der Waals surface area contributed by atoms with E-state index >= 15 is 0 Å². The van der Waals surface area contributed by atoms with Crippen LogP contribution in [0, 0.1) is 16.7 Å². The number of rotatable bonds is 11. The maximum absolute atomic E-state index is 11.7. The van der Waals surface area contributed by atoms with Crippen LogP contribution in [0.3, 0.4) is 0 Å². The molecule has 2 aromatic heterocycles. The van der Waals surface area contributed by atoms with Crippen molar-refractivity contribution in [2.75, 3.05) is 37.0 Å². The lowest BCUT2D eigenvalue weighted by molar-refractivity contribution is -0.143. The van der Waals surface area contributed by atoms with E-state index in [-0.39, 0.29) is 12.0 Å². The quantitative estimate of drug-likeness (QED) is 0.322. The van der Waals surface area contributed by atoms with E-state index in [4.69, 9.17) is 26.1 Å². The van der Waals surface area contributed by atoms with Crippen LogP contribution in [0.2, 0.25) is 5.02 Å². The first-order valence-electron chi connectivity index (χ1n) is 13.9. The molecule has 1 aliphatic carbocycles. The molecule has 2 fully saturated rings. The van der Waals surface area contributed by atoms with E-state index in [1.165, 1.54) is 0 Å². The average molecular weight is 555 g/mol. The standard InChI is InChI=1S/C29H39ClN6O3/c1-3-39-28(37)15-20(2)34-21-7-9-22(10-8-21)35-27-16-23(24(30)17-32-27)25-5-4-6-26(36-25)33-19-29(18-31)11-13-38-14-12-29/h4-6,16-17,20-22,34H,3,7-15,19H2,1-2H3,(H,32,35)(H,33,36). The van der Waals surface area contributed by atoms with Crippen molar-refractivity contribution in [1.82, 2.24) is 15.3 Å². The zero-order valence-corrected chi connectivity index (χ0v) is 23.6. The van der Waals surface area contributed by atoms with Gasteiger partial charge in [-0.25, -0.2) is 9.97 Å². The van der Waals surface area contributed by atoms with Crippen molar-refractivity contribution in [1.29, 1.82) is 5.26 Å². The molecule has 1 saturated heterocycles. The summed E-state index contributed by atoms with van der Waals surface area (Å²) in [6.45, 7) is 6.02. The second-order valence-electron chi connectivity index (χ2n) is 10.6. The highest BCUT2D eigenvalue weighted by atomic mass is 35.5. The van der Waals surface area contributed by atoms with Gasteiger partial charge in [0, 0.05) is 49.6 Å². The highest BCUT2D eigenvalue weighted by molar-refractivity contribution is 6.33. The number of hydrogen-bond acceptors (Lipinski definition) is 9. The summed E-state index contributed by atoms with van der Waals surface area (Å²) >= 11 is 6.54. The first-order valence-corrected chi connectivity index (χ1v) is 14.3. The average Bonchev–Trinajstić information content (AvgIpc) is 2.95. The molecule has 0 radical (unpaired) electrons. The van der Waals surface area contributed by atoms with E-state index in [2.05, 4.69) is 27.0 Å². The fraction of sp³-hybridized carbons (Fsp3) is 0.586. The van der Waals surface area contributed by atoms with Gasteiger partial charge in [0.25, 0.3) is 0 Å². The molecule has 9 nitrogen and oxygen atoms in total. The van der Waals surface area contributed by atoms with E-state index in [0.717, 1.165) is 42.8 Å². The van der Waals surface area contributed by atoms with E-state index < -0.39 is 5.41 Å². The van der Waals surface area contributed by atoms with Gasteiger partial charge >= 0.3 is 5.97 Å². The predicted octanol–water partition coefficient (Wildman–Crippen LogP) is 5.18. The number of nitriles is 1. The molecule has 1 unspecified atom stereocenters. The third-order valence-corrected chi connectivity index (χ3v) is 7.85. The third kappa shape index (κ3) is 8.28. The molecule has 210 valence electrons. The summed E-state index contributed by atoms with van der Waals surface area (Å²) in [6, 6.07) is 11.0. The number of esters is 1. The number of nitrogens with one attached hydrogen (secondary N) is 3. The Bertz CT molecular complexity index is 1140. The molecular formula is C29H39ClN6O3. The number of ether oxygens (including phenoxy) is 2. The van der Waals surface area contributed by atoms with Gasteiger partial charge in [-0.2, -0.15) is 5.26 Å². The van der Waals surface area contributed by atoms with Crippen LogP contribution in [0.1, 0.15) is 58.8 Å². The molecule has 2 aromatic rings. The molecule has 3 heterocycles. The Balaban J connectivity index is 1.33. The maximum atomic E-state index is 11.7. The number of hydrogen-bond donors (Lipinski definition) is 3. The van der Waals surface area contributed by atoms with Crippen molar-refractivity contribution in [2.24, 2.45) is 5.41 Å². The summed E-state index contributed by atoms with van der Waals surface area (Å²) in [6.07, 6.45) is 7.55. The normalized spacial score (nSPS) is 21.4. The third-order valence-electron chi connectivity index (χ3n) is 7.55. The molecule has 1 atom stereocenters. The first kappa shape index (κ1) is 29.1. The number of pyridine rings is 2. The molecule has 0 aromatic carbocycles. The minimum absolute atomic E-state index is 0.0962. The van der Waals surface area contributed by atoms with E-state index in [0.29, 0.717) is 68.6 Å². The fourth-order valence-electron chi connectivity index (χ4n) is 5.29. The van der Waals surface area contributed by atoms with Crippen LogP contribution >= 0.6 is 11.6 Å². The largest absolute Gasteiger partial charge is 0.466 e. The van der Waals surface area contributed by atoms with Crippen LogP contribution in [0.15, 0.2) is 30.5 Å². The number of halogens is 1. The first-order chi connectivity index (χ1) is 18.9. The molecule has 39 heavy (non-hydrogen) atoms. The van der Waals surface area contributed by atoms with Crippen LogP contribution in [0.25, 0.3) is 11.3 Å². The summed E-state index contributed by atoms with van der Waals surface area (Å²) in [7, 11) is 0. The van der Waals surface area contributed by atoms with Crippen LogP contribution in [0.4, 0.5) is 11.6 Å². The van der Waals surface area contributed by atoms with Crippen molar-refractivity contribution in [3.63, 3.8) is 0 Å². The van der Waals surface area contributed by atoms with Crippen molar-refractivity contribution in [3.05, 3.63) is 35.5 Å². The van der Waals surface area contributed by atoms with Crippen LogP contribution in [0.5, 0.6) is 0 Å². The van der Waals surface area contributed by atoms with Gasteiger partial charge in [-0.1, -0.05) is 17.7 Å². The highest BCUT2D eigenvalue weighted by Crippen LogP contribution is 2.32. The molecular weight excluding hydrogens is 516 g/mol. The number of anilines is 2. The van der Waals surface area contributed by atoms with E-state index in [9.17, 15) is 10.1 Å². The molecule has 0 bridgehead atoms. The van der Waals surface area contributed by atoms with E-state index in [1.807, 2.05) is 38.1 Å². The molecule has 10 heteroatoms. The topological polar surface area (TPSA) is 121 Å². The highest BCUT2D eigenvalue weighted by Gasteiger charge is 2.32. The number of aromatic nitrogens is 2. The molecule has 4 rings (SSSR count). The molecule has 0 amide bonds. The Hall–Kier alpha value is -2.93.